The van der Waals surface area contributed by atoms with Gasteiger partial charge in [-0.15, -0.1) is 0 Å². The Labute approximate surface area is 183 Å². The van der Waals surface area contributed by atoms with Crippen molar-refractivity contribution in [3.05, 3.63) is 100 Å². The van der Waals surface area contributed by atoms with Crippen molar-refractivity contribution in [3.8, 4) is 28.5 Å². The summed E-state index contributed by atoms with van der Waals surface area (Å²) in [5.41, 5.74) is 2.67. The van der Waals surface area contributed by atoms with Crippen molar-refractivity contribution in [2.45, 2.75) is 0 Å². The van der Waals surface area contributed by atoms with E-state index in [1.54, 1.807) is 6.07 Å². The third kappa shape index (κ3) is 3.81. The van der Waals surface area contributed by atoms with E-state index in [2.05, 4.69) is 11.4 Å². The minimum absolute atomic E-state index is 0.0613. The average Bonchev–Trinajstić information content (AvgIpc) is 3.13. The van der Waals surface area contributed by atoms with Gasteiger partial charge in [-0.25, -0.2) is 0 Å². The van der Waals surface area contributed by atoms with Crippen LogP contribution in [0.4, 0.5) is 5.88 Å². The SMILES string of the molecule is N#Cc1c(NC(=O)c2ccc(Cl)cc2Cl)oc(-c2ccccc2)c1-c1ccccc1. The number of anilines is 1. The predicted octanol–water partition coefficient (Wildman–Crippen LogP) is 7.04. The molecule has 3 aromatic carbocycles. The van der Waals surface area contributed by atoms with E-state index in [-0.39, 0.29) is 22.0 Å². The molecule has 4 nitrogen and oxygen atoms in total. The summed E-state index contributed by atoms with van der Waals surface area (Å²) in [5.74, 6) is 0.0585. The molecule has 0 aliphatic carbocycles. The van der Waals surface area contributed by atoms with Gasteiger partial charge in [0.15, 0.2) is 0 Å². The molecule has 0 unspecified atom stereocenters. The lowest BCUT2D eigenvalue weighted by Crippen LogP contribution is -2.12. The number of nitrogens with one attached hydrogen (secondary N) is 1. The second-order valence-electron chi connectivity index (χ2n) is 6.43. The number of amides is 1. The van der Waals surface area contributed by atoms with Crippen LogP contribution in [-0.4, -0.2) is 5.91 Å². The number of nitrogens with zero attached hydrogens (tertiary/aromatic N) is 1. The summed E-state index contributed by atoms with van der Waals surface area (Å²) in [4.78, 5) is 12.8. The highest BCUT2D eigenvalue weighted by Gasteiger charge is 2.25. The van der Waals surface area contributed by atoms with E-state index < -0.39 is 5.91 Å². The zero-order chi connectivity index (χ0) is 21.1. The normalized spacial score (nSPS) is 10.4. The van der Waals surface area contributed by atoms with Crippen LogP contribution >= 0.6 is 23.2 Å². The molecular weight excluding hydrogens is 419 g/mol. The van der Waals surface area contributed by atoms with Crippen LogP contribution in [0.3, 0.4) is 0 Å². The van der Waals surface area contributed by atoms with Gasteiger partial charge in [0.2, 0.25) is 5.88 Å². The van der Waals surface area contributed by atoms with E-state index >= 15 is 0 Å². The summed E-state index contributed by atoms with van der Waals surface area (Å²) >= 11 is 12.1. The molecule has 0 aliphatic rings. The minimum atomic E-state index is -0.499. The fourth-order valence-electron chi connectivity index (χ4n) is 3.14. The molecule has 0 fully saturated rings. The maximum atomic E-state index is 12.8. The van der Waals surface area contributed by atoms with Crippen molar-refractivity contribution in [2.24, 2.45) is 0 Å². The fourth-order valence-corrected chi connectivity index (χ4v) is 3.64. The smallest absolute Gasteiger partial charge is 0.259 e. The zero-order valence-corrected chi connectivity index (χ0v) is 17.0. The largest absolute Gasteiger partial charge is 0.438 e. The summed E-state index contributed by atoms with van der Waals surface area (Å²) in [7, 11) is 0. The Morgan fingerprint density at radius 1 is 0.900 bits per heavy atom. The first kappa shape index (κ1) is 19.8. The van der Waals surface area contributed by atoms with Gasteiger partial charge in [-0.2, -0.15) is 5.26 Å². The highest BCUT2D eigenvalue weighted by atomic mass is 35.5. The third-order valence-corrected chi connectivity index (χ3v) is 5.07. The van der Waals surface area contributed by atoms with Crippen LogP contribution in [0, 0.1) is 11.3 Å². The fraction of sp³-hybridized carbons (Fsp3) is 0. The van der Waals surface area contributed by atoms with Gasteiger partial charge in [0.05, 0.1) is 10.6 Å². The molecule has 0 atom stereocenters. The lowest BCUT2D eigenvalue weighted by atomic mass is 9.98. The van der Waals surface area contributed by atoms with Gasteiger partial charge >= 0.3 is 0 Å². The van der Waals surface area contributed by atoms with Crippen molar-refractivity contribution in [1.82, 2.24) is 0 Å². The number of nitriles is 1. The van der Waals surface area contributed by atoms with E-state index in [1.807, 2.05) is 60.7 Å². The van der Waals surface area contributed by atoms with Crippen LogP contribution in [0.25, 0.3) is 22.5 Å². The van der Waals surface area contributed by atoms with Crippen LogP contribution in [0.15, 0.2) is 83.3 Å². The number of hydrogen-bond donors (Lipinski definition) is 1. The Hall–Kier alpha value is -3.52. The van der Waals surface area contributed by atoms with Gasteiger partial charge in [0.25, 0.3) is 5.91 Å². The molecule has 0 spiro atoms. The number of benzene rings is 3. The second-order valence-corrected chi connectivity index (χ2v) is 7.28. The average molecular weight is 433 g/mol. The van der Waals surface area contributed by atoms with Crippen LogP contribution in [-0.2, 0) is 0 Å². The van der Waals surface area contributed by atoms with Crippen molar-refractivity contribution in [1.29, 1.82) is 5.26 Å². The first-order valence-corrected chi connectivity index (χ1v) is 9.78. The van der Waals surface area contributed by atoms with Gasteiger partial charge in [-0.05, 0) is 23.8 Å². The number of carbonyl (C=O) groups is 1. The molecule has 1 N–H and O–H groups in total. The summed E-state index contributed by atoms with van der Waals surface area (Å²) in [6.45, 7) is 0. The Morgan fingerprint density at radius 3 is 2.13 bits per heavy atom. The van der Waals surface area contributed by atoms with E-state index in [9.17, 15) is 10.1 Å². The topological polar surface area (TPSA) is 66.0 Å². The first-order valence-electron chi connectivity index (χ1n) is 9.02. The molecule has 146 valence electrons. The van der Waals surface area contributed by atoms with Gasteiger partial charge in [-0.3, -0.25) is 10.1 Å². The van der Waals surface area contributed by atoms with Gasteiger partial charge in [0, 0.05) is 16.1 Å². The molecule has 0 saturated heterocycles. The summed E-state index contributed by atoms with van der Waals surface area (Å²) in [6, 6.07) is 25.6. The predicted molar refractivity (Wildman–Crippen MR) is 119 cm³/mol. The maximum Gasteiger partial charge on any atom is 0.259 e. The Bertz CT molecular complexity index is 1260. The lowest BCUT2D eigenvalue weighted by Gasteiger charge is -2.05. The highest BCUT2D eigenvalue weighted by molar-refractivity contribution is 6.37. The van der Waals surface area contributed by atoms with Crippen LogP contribution in [0.1, 0.15) is 15.9 Å². The Morgan fingerprint density at radius 2 is 1.53 bits per heavy atom. The van der Waals surface area contributed by atoms with Crippen LogP contribution in [0.2, 0.25) is 10.0 Å². The highest BCUT2D eigenvalue weighted by Crippen LogP contribution is 2.41. The lowest BCUT2D eigenvalue weighted by molar-refractivity contribution is 0.102. The summed E-state index contributed by atoms with van der Waals surface area (Å²) < 4.78 is 6.01. The zero-order valence-electron chi connectivity index (χ0n) is 15.5. The molecule has 0 aliphatic heterocycles. The van der Waals surface area contributed by atoms with E-state index in [4.69, 9.17) is 27.6 Å². The Balaban J connectivity index is 1.84. The van der Waals surface area contributed by atoms with E-state index in [0.717, 1.165) is 11.1 Å². The molecule has 0 bridgehead atoms. The van der Waals surface area contributed by atoms with Crippen molar-refractivity contribution in [2.75, 3.05) is 5.32 Å². The van der Waals surface area contributed by atoms with Gasteiger partial charge in [-0.1, -0.05) is 83.9 Å². The number of halogens is 2. The molecule has 4 rings (SSSR count). The number of rotatable bonds is 4. The van der Waals surface area contributed by atoms with E-state index in [1.165, 1.54) is 12.1 Å². The van der Waals surface area contributed by atoms with Crippen LogP contribution in [0.5, 0.6) is 0 Å². The molecular formula is C24H14Cl2N2O2. The molecule has 30 heavy (non-hydrogen) atoms. The number of furan rings is 1. The van der Waals surface area contributed by atoms with Gasteiger partial charge in [0.1, 0.15) is 17.4 Å². The van der Waals surface area contributed by atoms with Crippen molar-refractivity contribution < 1.29 is 9.21 Å². The third-order valence-electron chi connectivity index (χ3n) is 4.52. The standard InChI is InChI=1S/C24H14Cl2N2O2/c25-17-11-12-18(20(26)13-17)23(29)28-24-19(14-27)21(15-7-3-1-4-8-15)22(30-24)16-9-5-2-6-10-16/h1-13H,(H,28,29). The van der Waals surface area contributed by atoms with Crippen molar-refractivity contribution >= 4 is 35.0 Å². The van der Waals surface area contributed by atoms with Crippen molar-refractivity contribution in [3.63, 3.8) is 0 Å². The molecule has 4 aromatic rings. The maximum absolute atomic E-state index is 12.8. The Kier molecular flexibility index (Phi) is 5.58. The van der Waals surface area contributed by atoms with Gasteiger partial charge < -0.3 is 4.42 Å². The minimum Gasteiger partial charge on any atom is -0.438 e. The molecule has 1 aromatic heterocycles. The monoisotopic (exact) mass is 432 g/mol. The summed E-state index contributed by atoms with van der Waals surface area (Å²) in [6.07, 6.45) is 0. The number of hydrogen-bond acceptors (Lipinski definition) is 3. The summed E-state index contributed by atoms with van der Waals surface area (Å²) in [5, 5.41) is 13.2. The molecule has 1 heterocycles. The second kappa shape index (κ2) is 8.46. The molecule has 0 radical (unpaired) electrons. The quantitative estimate of drug-likeness (QED) is 0.375. The first-order chi connectivity index (χ1) is 14.6. The molecule has 1 amide bonds. The van der Waals surface area contributed by atoms with Crippen LogP contribution < -0.4 is 5.32 Å². The molecule has 0 saturated carbocycles. The number of carbonyl (C=O) groups excluding carboxylic acids is 1. The van der Waals surface area contributed by atoms with E-state index in [0.29, 0.717) is 16.3 Å². The molecule has 6 heteroatoms.